The van der Waals surface area contributed by atoms with Crippen LogP contribution >= 0.6 is 0 Å². The van der Waals surface area contributed by atoms with E-state index < -0.39 is 74.4 Å². The van der Waals surface area contributed by atoms with Gasteiger partial charge in [0.15, 0.2) is 22.9 Å². The molecule has 0 saturated carbocycles. The summed E-state index contributed by atoms with van der Waals surface area (Å²) in [6, 6.07) is 5.39. The minimum Gasteiger partial charge on any atom is -0.508 e. The van der Waals surface area contributed by atoms with E-state index in [2.05, 4.69) is 0 Å². The van der Waals surface area contributed by atoms with E-state index in [4.69, 9.17) is 13.9 Å². The van der Waals surface area contributed by atoms with Crippen LogP contribution in [0.3, 0.4) is 0 Å². The first-order chi connectivity index (χ1) is 17.3. The molecule has 1 aromatic heterocycles. The monoisotopic (exact) mass is 534 g/mol. The number of fused-ring (bicyclic) bond motifs is 1. The number of hydrogen-bond donors (Lipinski definition) is 8. The number of aromatic hydroxyl groups is 4. The second-order valence-electron chi connectivity index (χ2n) is 10.4. The molecule has 1 fully saturated rings. The molecule has 0 aliphatic carbocycles. The van der Waals surface area contributed by atoms with Gasteiger partial charge in [0.2, 0.25) is 17.0 Å². The van der Waals surface area contributed by atoms with Crippen LogP contribution < -0.4 is 10.2 Å². The zero-order valence-corrected chi connectivity index (χ0v) is 21.3. The van der Waals surface area contributed by atoms with Gasteiger partial charge in [-0.15, -0.1) is 0 Å². The van der Waals surface area contributed by atoms with Crippen LogP contribution in [0.25, 0.3) is 22.3 Å². The Hall–Kier alpha value is -3.55. The quantitative estimate of drug-likeness (QED) is 0.223. The van der Waals surface area contributed by atoms with Crippen LogP contribution in [0.5, 0.6) is 28.7 Å². The number of rotatable bonds is 4. The molecule has 12 heteroatoms. The molecule has 2 heterocycles. The van der Waals surface area contributed by atoms with Crippen LogP contribution in [0, 0.1) is 0 Å². The van der Waals surface area contributed by atoms with Gasteiger partial charge in [-0.3, -0.25) is 4.79 Å². The van der Waals surface area contributed by atoms with E-state index in [1.807, 2.05) is 0 Å². The van der Waals surface area contributed by atoms with Crippen LogP contribution in [0.4, 0.5) is 0 Å². The summed E-state index contributed by atoms with van der Waals surface area (Å²) in [6.07, 6.45) is 0. The Morgan fingerprint density at radius 2 is 1.45 bits per heavy atom. The molecule has 12 nitrogen and oxygen atoms in total. The van der Waals surface area contributed by atoms with Crippen LogP contribution in [0.1, 0.15) is 34.6 Å². The first-order valence-electron chi connectivity index (χ1n) is 11.6. The van der Waals surface area contributed by atoms with Crippen molar-refractivity contribution >= 4 is 11.0 Å². The van der Waals surface area contributed by atoms with Crippen LogP contribution in [0.2, 0.25) is 0 Å². The Morgan fingerprint density at radius 3 is 2.03 bits per heavy atom. The highest BCUT2D eigenvalue weighted by molar-refractivity contribution is 5.88. The van der Waals surface area contributed by atoms with Crippen molar-refractivity contribution in [1.29, 1.82) is 0 Å². The predicted octanol–water partition coefficient (Wildman–Crippen LogP) is 1.41. The summed E-state index contributed by atoms with van der Waals surface area (Å²) in [7, 11) is 0. The number of aliphatic hydroxyl groups is 4. The topological polar surface area (TPSA) is 211 Å². The predicted molar refractivity (Wildman–Crippen MR) is 132 cm³/mol. The van der Waals surface area contributed by atoms with Gasteiger partial charge in [-0.2, -0.15) is 0 Å². The highest BCUT2D eigenvalue weighted by atomic mass is 16.7. The van der Waals surface area contributed by atoms with Crippen molar-refractivity contribution in [1.82, 2.24) is 0 Å². The van der Waals surface area contributed by atoms with Gasteiger partial charge >= 0.3 is 0 Å². The first kappa shape index (κ1) is 27.5. The largest absolute Gasteiger partial charge is 0.508 e. The molecule has 38 heavy (non-hydrogen) atoms. The van der Waals surface area contributed by atoms with E-state index in [9.17, 15) is 45.6 Å². The minimum absolute atomic E-state index is 0.000128. The summed E-state index contributed by atoms with van der Waals surface area (Å²) in [5, 5.41) is 83.9. The molecule has 206 valence electrons. The lowest BCUT2D eigenvalue weighted by atomic mass is 9.61. The summed E-state index contributed by atoms with van der Waals surface area (Å²) in [5.41, 5.74) is -10.3. The normalized spacial score (nSPS) is 33.4. The summed E-state index contributed by atoms with van der Waals surface area (Å²) in [6.45, 7) is 4.98. The van der Waals surface area contributed by atoms with Crippen LogP contribution in [-0.2, 0) is 4.74 Å². The molecule has 8 N–H and O–H groups in total. The summed E-state index contributed by atoms with van der Waals surface area (Å²) in [4.78, 5) is 13.7. The average Bonchev–Trinajstić information content (AvgIpc) is 2.80. The minimum atomic E-state index is -2.47. The molecule has 1 aliphatic heterocycles. The Bertz CT molecular complexity index is 1490. The summed E-state index contributed by atoms with van der Waals surface area (Å²) in [5.74, 6) is -5.52. The van der Waals surface area contributed by atoms with Crippen LogP contribution in [0.15, 0.2) is 39.5 Å². The number of ether oxygens (including phenoxy) is 2. The Morgan fingerprint density at radius 1 is 0.816 bits per heavy atom. The average molecular weight is 535 g/mol. The summed E-state index contributed by atoms with van der Waals surface area (Å²) >= 11 is 0. The molecule has 0 spiro atoms. The van der Waals surface area contributed by atoms with E-state index >= 15 is 0 Å². The molecule has 0 radical (unpaired) electrons. The fraction of sp³-hybridized carbons (Fsp3) is 0.423. The zero-order valence-electron chi connectivity index (χ0n) is 21.3. The van der Waals surface area contributed by atoms with E-state index in [1.165, 1.54) is 19.9 Å². The van der Waals surface area contributed by atoms with Crippen molar-refractivity contribution in [3.05, 3.63) is 40.6 Å². The molecule has 1 aliphatic rings. The molecule has 0 unspecified atom stereocenters. The van der Waals surface area contributed by atoms with Crippen molar-refractivity contribution in [3.8, 4) is 40.1 Å². The first-order valence-corrected chi connectivity index (χ1v) is 11.6. The van der Waals surface area contributed by atoms with Gasteiger partial charge in [-0.1, -0.05) is 0 Å². The second-order valence-corrected chi connectivity index (χ2v) is 10.4. The Balaban J connectivity index is 2.04. The molecular formula is C26H30O12. The third-order valence-corrected chi connectivity index (χ3v) is 7.98. The van der Waals surface area contributed by atoms with Crippen molar-refractivity contribution in [3.63, 3.8) is 0 Å². The molecule has 4 rings (SSSR count). The standard InChI is InChI=1S/C26H30O12/c1-22(11-27)23(2,33)24(3,34)25(4,35)26(5,38-22)37-21-19(32)18-16(31)9-13(28)10-17(18)36-20(21)12-6-7-14(29)15(30)8-12/h6-10,27-31,33-35H,11H2,1-5H3/t22-,23-,24-,25+,26+/m0/s1. The number of phenolic OH excluding ortho intramolecular Hbond substituents is 4. The molecule has 0 bridgehead atoms. The van der Waals surface area contributed by atoms with Crippen molar-refractivity contribution in [2.24, 2.45) is 0 Å². The fourth-order valence-corrected chi connectivity index (χ4v) is 4.78. The maximum atomic E-state index is 13.7. The van der Waals surface area contributed by atoms with Gasteiger partial charge in [-0.25, -0.2) is 0 Å². The third-order valence-electron chi connectivity index (χ3n) is 7.98. The molecule has 5 atom stereocenters. The Kier molecular flexibility index (Phi) is 5.95. The third kappa shape index (κ3) is 3.52. The fourth-order valence-electron chi connectivity index (χ4n) is 4.78. The maximum absolute atomic E-state index is 13.7. The molecular weight excluding hydrogens is 504 g/mol. The smallest absolute Gasteiger partial charge is 0.240 e. The lowest BCUT2D eigenvalue weighted by Gasteiger charge is -2.64. The van der Waals surface area contributed by atoms with E-state index in [0.29, 0.717) is 0 Å². The molecule has 1 saturated heterocycles. The van der Waals surface area contributed by atoms with Gasteiger partial charge in [0, 0.05) is 24.6 Å². The second kappa shape index (κ2) is 8.22. The number of phenols is 4. The van der Waals surface area contributed by atoms with E-state index in [1.54, 1.807) is 0 Å². The van der Waals surface area contributed by atoms with Gasteiger partial charge in [0.1, 0.15) is 39.3 Å². The SMILES string of the molecule is C[C@@]1(Oc2c(-c3ccc(O)c(O)c3)oc3cc(O)cc(O)c3c2=O)O[C@@](C)(CO)[C@](C)(O)[C@](C)(O)[C@@]1(C)O. The molecule has 0 amide bonds. The number of aliphatic hydroxyl groups excluding tert-OH is 1. The zero-order chi connectivity index (χ0) is 28.6. The van der Waals surface area contributed by atoms with E-state index in [0.717, 1.165) is 45.0 Å². The van der Waals surface area contributed by atoms with Crippen molar-refractivity contribution in [2.45, 2.75) is 62.8 Å². The van der Waals surface area contributed by atoms with Gasteiger partial charge in [0.25, 0.3) is 0 Å². The highest BCUT2D eigenvalue weighted by Gasteiger charge is 2.75. The van der Waals surface area contributed by atoms with Crippen LogP contribution in [-0.4, -0.2) is 75.7 Å². The van der Waals surface area contributed by atoms with E-state index in [-0.39, 0.29) is 16.9 Å². The maximum Gasteiger partial charge on any atom is 0.240 e. The Labute approximate surface area is 216 Å². The van der Waals surface area contributed by atoms with Gasteiger partial charge < -0.3 is 54.7 Å². The van der Waals surface area contributed by atoms with Gasteiger partial charge in [-0.05, 0) is 45.9 Å². The van der Waals surface area contributed by atoms with Crippen molar-refractivity contribution < 1.29 is 54.7 Å². The lowest BCUT2D eigenvalue weighted by Crippen LogP contribution is -2.85. The number of benzene rings is 2. The number of hydrogen-bond acceptors (Lipinski definition) is 12. The molecule has 2 aromatic carbocycles. The lowest BCUT2D eigenvalue weighted by molar-refractivity contribution is -0.441. The van der Waals surface area contributed by atoms with Crippen molar-refractivity contribution in [2.75, 3.05) is 6.61 Å². The summed E-state index contributed by atoms with van der Waals surface area (Å²) < 4.78 is 17.7. The van der Waals surface area contributed by atoms with Gasteiger partial charge in [0.05, 0.1) is 6.61 Å². The molecule has 3 aromatic rings. The highest BCUT2D eigenvalue weighted by Crippen LogP contribution is 2.54.